The van der Waals surface area contributed by atoms with E-state index in [2.05, 4.69) is 0 Å². The Morgan fingerprint density at radius 2 is 1.26 bits per heavy atom. The summed E-state index contributed by atoms with van der Waals surface area (Å²) in [4.78, 5) is 29.2. The summed E-state index contributed by atoms with van der Waals surface area (Å²) in [6, 6.07) is 34.3. The number of esters is 1. The molecule has 0 bridgehead atoms. The number of carbonyl (C=O) groups excluding carboxylic acids is 2. The summed E-state index contributed by atoms with van der Waals surface area (Å²) < 4.78 is 34.7. The number of aryl methyl sites for hydroxylation is 1. The predicted molar refractivity (Wildman–Crippen MR) is 170 cm³/mol. The van der Waals surface area contributed by atoms with Crippen molar-refractivity contribution in [1.29, 1.82) is 0 Å². The minimum Gasteiger partial charge on any atom is -0.462 e. The molecule has 1 aliphatic heterocycles. The average molecular weight is 600 g/mol. The number of sulfonamides is 1. The molecule has 4 aromatic rings. The summed E-state index contributed by atoms with van der Waals surface area (Å²) in [7, 11) is -4.00. The average Bonchev–Trinajstić information content (AvgIpc) is 3.53. The minimum absolute atomic E-state index is 0.00366. The maximum Gasteiger partial charge on any atom is 0.342 e. The molecule has 8 heteroatoms. The number of benzene rings is 4. The van der Waals surface area contributed by atoms with Crippen LogP contribution in [0.5, 0.6) is 0 Å². The van der Waals surface area contributed by atoms with Crippen molar-refractivity contribution < 1.29 is 22.7 Å². The van der Waals surface area contributed by atoms with Gasteiger partial charge in [0.15, 0.2) is 5.78 Å². The molecule has 1 heterocycles. The van der Waals surface area contributed by atoms with Crippen molar-refractivity contribution >= 4 is 49.9 Å². The van der Waals surface area contributed by atoms with Crippen molar-refractivity contribution in [3.8, 4) is 0 Å². The van der Waals surface area contributed by atoms with E-state index in [9.17, 15) is 18.0 Å². The molecule has 5 rings (SSSR count). The number of ketones is 1. The van der Waals surface area contributed by atoms with Crippen LogP contribution in [0.2, 0.25) is 0 Å². The smallest absolute Gasteiger partial charge is 0.342 e. The van der Waals surface area contributed by atoms with Gasteiger partial charge in [0.05, 0.1) is 17.5 Å². The Balaban J connectivity index is 1.84. The third-order valence-electron chi connectivity index (χ3n) is 7.60. The van der Waals surface area contributed by atoms with Crippen molar-refractivity contribution in [1.82, 2.24) is 4.31 Å². The standard InChI is InChI=1S/C34H34NO5PS/c1-3-40-34(37)33(32(36)31-20-13-25-35(31)42(38,39)30-23-21-26(2)22-24-30)41(27-14-7-4-8-15-27,28-16-9-5-10-17-28)29-18-11-6-12-19-29/h4-12,14-19,21-24,31H,3,13,20,25H2,1-2H3/t31-/m0/s1. The molecule has 0 saturated carbocycles. The Hall–Kier alpha value is -3.77. The molecule has 1 aliphatic rings. The molecule has 4 aromatic carbocycles. The van der Waals surface area contributed by atoms with Gasteiger partial charge < -0.3 is 4.74 Å². The van der Waals surface area contributed by atoms with Crippen molar-refractivity contribution in [2.24, 2.45) is 0 Å². The summed E-state index contributed by atoms with van der Waals surface area (Å²) in [5, 5.41) is 2.43. The normalized spacial score (nSPS) is 15.7. The van der Waals surface area contributed by atoms with Gasteiger partial charge in [0, 0.05) is 6.54 Å². The zero-order valence-electron chi connectivity index (χ0n) is 23.7. The number of carbonyl (C=O) groups is 2. The Labute approximate surface area is 248 Å². The summed E-state index contributed by atoms with van der Waals surface area (Å²) >= 11 is 0. The van der Waals surface area contributed by atoms with Gasteiger partial charge in [-0.3, -0.25) is 4.79 Å². The van der Waals surface area contributed by atoms with Crippen LogP contribution in [0, 0.1) is 6.92 Å². The Kier molecular flexibility index (Phi) is 8.93. The molecule has 0 aliphatic carbocycles. The van der Waals surface area contributed by atoms with Crippen LogP contribution in [0.15, 0.2) is 120 Å². The van der Waals surface area contributed by atoms with Gasteiger partial charge in [-0.1, -0.05) is 109 Å². The number of ether oxygens (including phenoxy) is 1. The highest BCUT2D eigenvalue weighted by Gasteiger charge is 2.46. The second-order valence-electron chi connectivity index (χ2n) is 10.2. The van der Waals surface area contributed by atoms with Crippen LogP contribution in [-0.4, -0.2) is 49.0 Å². The molecule has 1 atom stereocenters. The van der Waals surface area contributed by atoms with Crippen LogP contribution in [-0.2, 0) is 24.3 Å². The highest BCUT2D eigenvalue weighted by atomic mass is 32.2. The molecule has 0 radical (unpaired) electrons. The van der Waals surface area contributed by atoms with Crippen molar-refractivity contribution in [2.45, 2.75) is 37.6 Å². The first-order valence-electron chi connectivity index (χ1n) is 14.0. The maximum absolute atomic E-state index is 15.0. The van der Waals surface area contributed by atoms with E-state index < -0.39 is 34.7 Å². The number of rotatable bonds is 9. The first-order valence-corrected chi connectivity index (χ1v) is 17.3. The van der Waals surface area contributed by atoms with E-state index in [4.69, 9.17) is 4.74 Å². The largest absolute Gasteiger partial charge is 0.462 e. The zero-order chi connectivity index (χ0) is 29.7. The fourth-order valence-electron chi connectivity index (χ4n) is 5.68. The minimum atomic E-state index is -4.00. The quantitative estimate of drug-likeness (QED) is 0.161. The lowest BCUT2D eigenvalue weighted by Crippen LogP contribution is -2.48. The van der Waals surface area contributed by atoms with Crippen LogP contribution in [0.25, 0.3) is 0 Å². The lowest BCUT2D eigenvalue weighted by atomic mass is 10.1. The van der Waals surface area contributed by atoms with Crippen LogP contribution < -0.4 is 15.9 Å². The van der Waals surface area contributed by atoms with Gasteiger partial charge in [-0.25, -0.2) is 13.2 Å². The SMILES string of the molecule is CCOC(=O)C(C(=O)[C@@H]1CCCN1S(=O)(=O)c1ccc(C)cc1)=P(c1ccccc1)(c1ccccc1)c1ccccc1. The first kappa shape index (κ1) is 29.7. The van der Waals surface area contributed by atoms with E-state index in [0.717, 1.165) is 21.5 Å². The van der Waals surface area contributed by atoms with Gasteiger partial charge in [0.25, 0.3) is 0 Å². The van der Waals surface area contributed by atoms with Crippen LogP contribution >= 0.6 is 6.89 Å². The highest BCUT2D eigenvalue weighted by Crippen LogP contribution is 2.47. The fraction of sp³-hybridized carbons (Fsp3) is 0.206. The number of Topliss-reactive ketones (excluding diaryl/α,β-unsaturated/α-hetero) is 1. The maximum atomic E-state index is 15.0. The zero-order valence-corrected chi connectivity index (χ0v) is 25.4. The molecule has 1 fully saturated rings. The molecule has 0 unspecified atom stereocenters. The van der Waals surface area contributed by atoms with Gasteiger partial charge >= 0.3 is 5.97 Å². The summed E-state index contributed by atoms with van der Waals surface area (Å²) in [6.45, 7) is 0.714. The van der Waals surface area contributed by atoms with Gasteiger partial charge in [-0.2, -0.15) is 4.31 Å². The van der Waals surface area contributed by atoms with Crippen LogP contribution in [0.3, 0.4) is 0 Å². The monoisotopic (exact) mass is 599 g/mol. The van der Waals surface area contributed by atoms with Gasteiger partial charge in [-0.05, 0) is 61.6 Å². The van der Waals surface area contributed by atoms with E-state index in [1.807, 2.05) is 97.9 Å². The van der Waals surface area contributed by atoms with Gasteiger partial charge in [0.2, 0.25) is 10.0 Å². The van der Waals surface area contributed by atoms with Crippen molar-refractivity contribution in [3.63, 3.8) is 0 Å². The first-order chi connectivity index (χ1) is 20.3. The second kappa shape index (κ2) is 12.6. The molecule has 0 spiro atoms. The van der Waals surface area contributed by atoms with Crippen molar-refractivity contribution in [2.75, 3.05) is 13.2 Å². The second-order valence-corrected chi connectivity index (χ2v) is 15.4. The molecule has 1 saturated heterocycles. The lowest BCUT2D eigenvalue weighted by Gasteiger charge is -2.33. The summed E-state index contributed by atoms with van der Waals surface area (Å²) in [5.41, 5.74) is 0.934. The van der Waals surface area contributed by atoms with E-state index >= 15 is 0 Å². The molecular formula is C34H34NO5PS. The third kappa shape index (κ3) is 5.40. The molecule has 216 valence electrons. The molecule has 0 amide bonds. The number of nitrogens with zero attached hydrogens (tertiary/aromatic N) is 1. The topological polar surface area (TPSA) is 80.8 Å². The van der Waals surface area contributed by atoms with Crippen molar-refractivity contribution in [3.05, 3.63) is 121 Å². The van der Waals surface area contributed by atoms with E-state index in [0.29, 0.717) is 12.8 Å². The fourth-order valence-corrected chi connectivity index (χ4v) is 11.7. The van der Waals surface area contributed by atoms with E-state index in [1.165, 1.54) is 4.31 Å². The number of hydrogen-bond donors (Lipinski definition) is 0. The van der Waals surface area contributed by atoms with Crippen LogP contribution in [0.1, 0.15) is 25.3 Å². The summed E-state index contributed by atoms with van der Waals surface area (Å²) in [5.74, 6) is -1.22. The Morgan fingerprint density at radius 3 is 1.71 bits per heavy atom. The molecule has 42 heavy (non-hydrogen) atoms. The Morgan fingerprint density at radius 1 is 0.786 bits per heavy atom. The third-order valence-corrected chi connectivity index (χ3v) is 13.8. The van der Waals surface area contributed by atoms with Gasteiger partial charge in [0.1, 0.15) is 5.29 Å². The molecule has 6 nitrogen and oxygen atoms in total. The lowest BCUT2D eigenvalue weighted by molar-refractivity contribution is -0.135. The number of hydrogen-bond acceptors (Lipinski definition) is 5. The van der Waals surface area contributed by atoms with E-state index in [1.54, 1.807) is 31.2 Å². The Bertz CT molecular complexity index is 1620. The predicted octanol–water partition coefficient (Wildman–Crippen LogP) is 4.45. The van der Waals surface area contributed by atoms with E-state index in [-0.39, 0.29) is 23.3 Å². The van der Waals surface area contributed by atoms with Crippen LogP contribution in [0.4, 0.5) is 0 Å². The molecule has 0 aromatic heterocycles. The summed E-state index contributed by atoms with van der Waals surface area (Å²) in [6.07, 6.45) is 0.816. The molecule has 0 N–H and O–H groups in total. The molecular weight excluding hydrogens is 565 g/mol. The highest BCUT2D eigenvalue weighted by molar-refractivity contribution is 7.97. The van der Waals surface area contributed by atoms with Gasteiger partial charge in [-0.15, -0.1) is 0 Å².